The molecule has 0 aliphatic carbocycles. The summed E-state index contributed by atoms with van der Waals surface area (Å²) in [6.07, 6.45) is -15.2. The van der Waals surface area contributed by atoms with Crippen molar-refractivity contribution in [2.24, 2.45) is 0 Å². The quantitative estimate of drug-likeness (QED) is 0.0293. The molecular formula is C30H50N3O26P3. The number of amides is 1. The number of phosphoric ester groups is 1. The molecule has 29 nitrogen and oxygen atoms in total. The van der Waals surface area contributed by atoms with E-state index in [2.05, 4.69) is 18.5 Å². The van der Waals surface area contributed by atoms with E-state index in [4.69, 9.17) is 33.5 Å². The summed E-state index contributed by atoms with van der Waals surface area (Å²) in [5.41, 5.74) is -2.10. The van der Waals surface area contributed by atoms with Crippen LogP contribution in [-0.2, 0) is 55.3 Å². The fraction of sp³-hybridized carbons (Fsp3) is 0.767. The van der Waals surface area contributed by atoms with Gasteiger partial charge in [0.1, 0.15) is 61.2 Å². The van der Waals surface area contributed by atoms with Crippen molar-refractivity contribution >= 4 is 35.5 Å². The molecule has 14 N–H and O–H groups in total. The van der Waals surface area contributed by atoms with E-state index in [1.807, 2.05) is 4.98 Å². The van der Waals surface area contributed by atoms with Gasteiger partial charge in [-0.3, -0.25) is 23.7 Å². The van der Waals surface area contributed by atoms with E-state index in [0.717, 1.165) is 22.9 Å². The number of H-pyrrole nitrogens is 1. The van der Waals surface area contributed by atoms with Crippen molar-refractivity contribution in [3.05, 3.63) is 38.7 Å². The van der Waals surface area contributed by atoms with Gasteiger partial charge in [0.15, 0.2) is 12.6 Å². The second-order valence-corrected chi connectivity index (χ2v) is 18.4. The van der Waals surface area contributed by atoms with Gasteiger partial charge in [-0.15, -0.1) is 0 Å². The molecule has 1 aromatic heterocycles. The fourth-order valence-corrected chi connectivity index (χ4v) is 9.28. The Morgan fingerprint density at radius 2 is 1.45 bits per heavy atom. The van der Waals surface area contributed by atoms with Gasteiger partial charge in [0.2, 0.25) is 5.91 Å². The lowest BCUT2D eigenvalue weighted by Crippen LogP contribution is -2.64. The van der Waals surface area contributed by atoms with Crippen LogP contribution in [0, 0.1) is 0 Å². The van der Waals surface area contributed by atoms with E-state index >= 15 is 0 Å². The number of aromatic nitrogens is 2. The van der Waals surface area contributed by atoms with Crippen LogP contribution in [0.5, 0.6) is 0 Å². The smallest absolute Gasteiger partial charge is 0.394 e. The second-order valence-electron chi connectivity index (χ2n) is 14.0. The first-order valence-electron chi connectivity index (χ1n) is 18.6. The third-order valence-corrected chi connectivity index (χ3v) is 13.2. The molecule has 2 unspecified atom stereocenters. The first kappa shape index (κ1) is 52.4. The van der Waals surface area contributed by atoms with Gasteiger partial charge in [-0.05, 0) is 18.9 Å². The molecule has 356 valence electrons. The van der Waals surface area contributed by atoms with E-state index in [9.17, 15) is 78.7 Å². The SMILES string of the molecule is O=C(/C=C/c1cn([C@H]2C[C@H](O)[C@@H](COP(=O)(O)OP(=O)(O)OP(=O)(O)O)O2)c(=O)[nH]c1=O)NCCCCCCO[C@@H]1O[C@H](CO)[C@@H](O[C@@H]2O[C@H](CO)[C@@H](O)[C@H](O)[C@H]2O)[C@H](O)[C@H]1O. The molecule has 4 rings (SSSR count). The van der Waals surface area contributed by atoms with Gasteiger partial charge < -0.3 is 89.4 Å². The van der Waals surface area contributed by atoms with Crippen LogP contribution in [-0.4, -0.2) is 182 Å². The van der Waals surface area contributed by atoms with Gasteiger partial charge in [0.05, 0.1) is 31.5 Å². The van der Waals surface area contributed by atoms with E-state index < -0.39 is 140 Å². The zero-order valence-corrected chi connectivity index (χ0v) is 34.9. The van der Waals surface area contributed by atoms with Crippen molar-refractivity contribution in [2.45, 2.75) is 112 Å². The molecule has 15 atom stereocenters. The van der Waals surface area contributed by atoms with Gasteiger partial charge in [-0.25, -0.2) is 18.5 Å². The predicted molar refractivity (Wildman–Crippen MR) is 199 cm³/mol. The number of unbranched alkanes of at least 4 members (excludes halogenated alkanes) is 3. The van der Waals surface area contributed by atoms with Gasteiger partial charge in [0, 0.05) is 31.8 Å². The molecular weight excluding hydrogens is 911 g/mol. The zero-order chi connectivity index (χ0) is 46.2. The van der Waals surface area contributed by atoms with E-state index in [1.165, 1.54) is 0 Å². The number of aliphatic hydroxyl groups is 8. The first-order chi connectivity index (χ1) is 29.0. The maximum Gasteiger partial charge on any atom is 0.490 e. The average molecular weight is 962 g/mol. The maximum atomic E-state index is 12.5. The van der Waals surface area contributed by atoms with Crippen LogP contribution in [0.4, 0.5) is 0 Å². The highest BCUT2D eigenvalue weighted by Crippen LogP contribution is 2.66. The van der Waals surface area contributed by atoms with Crippen LogP contribution in [0.15, 0.2) is 21.9 Å². The number of carbonyl (C=O) groups is 1. The number of nitrogens with zero attached hydrogens (tertiary/aromatic N) is 1. The summed E-state index contributed by atoms with van der Waals surface area (Å²) in [5, 5.41) is 83.8. The Balaban J connectivity index is 1.17. The number of rotatable bonds is 22. The molecule has 4 heterocycles. The average Bonchev–Trinajstić information content (AvgIpc) is 3.55. The van der Waals surface area contributed by atoms with Crippen molar-refractivity contribution in [1.82, 2.24) is 14.9 Å². The highest BCUT2D eigenvalue weighted by Gasteiger charge is 2.51. The van der Waals surface area contributed by atoms with Crippen LogP contribution in [0.25, 0.3) is 6.08 Å². The minimum absolute atomic E-state index is 0.0458. The van der Waals surface area contributed by atoms with Crippen LogP contribution < -0.4 is 16.6 Å². The molecule has 3 fully saturated rings. The number of hydrogen-bond donors (Lipinski definition) is 14. The maximum absolute atomic E-state index is 12.5. The fourth-order valence-electron chi connectivity index (χ4n) is 6.25. The monoisotopic (exact) mass is 961 g/mol. The first-order valence-corrected chi connectivity index (χ1v) is 23.1. The number of hydrogen-bond acceptors (Lipinski definition) is 22. The molecule has 0 bridgehead atoms. The lowest BCUT2D eigenvalue weighted by molar-refractivity contribution is -0.359. The highest BCUT2D eigenvalue weighted by atomic mass is 31.3. The summed E-state index contributed by atoms with van der Waals surface area (Å²) in [6.45, 7) is -2.21. The molecule has 0 aromatic carbocycles. The molecule has 0 radical (unpaired) electrons. The van der Waals surface area contributed by atoms with Crippen LogP contribution >= 0.6 is 23.5 Å². The minimum atomic E-state index is -5.80. The molecule has 62 heavy (non-hydrogen) atoms. The predicted octanol–water partition coefficient (Wildman–Crippen LogP) is -5.14. The van der Waals surface area contributed by atoms with Crippen LogP contribution in [0.2, 0.25) is 0 Å². The molecule has 1 amide bonds. The van der Waals surface area contributed by atoms with Crippen LogP contribution in [0.3, 0.4) is 0 Å². The molecule has 0 spiro atoms. The Hall–Kier alpha value is -2.22. The Kier molecular flexibility index (Phi) is 19.3. The van der Waals surface area contributed by atoms with E-state index in [-0.39, 0.29) is 25.1 Å². The van der Waals surface area contributed by atoms with Gasteiger partial charge >= 0.3 is 29.2 Å². The number of carbonyl (C=O) groups excluding carboxylic acids is 1. The summed E-state index contributed by atoms with van der Waals surface area (Å²) in [7, 11) is -17.0. The Morgan fingerprint density at radius 1 is 0.806 bits per heavy atom. The van der Waals surface area contributed by atoms with E-state index in [1.54, 1.807) is 0 Å². The Bertz CT molecular complexity index is 1930. The van der Waals surface area contributed by atoms with Gasteiger partial charge in [0.25, 0.3) is 5.56 Å². The third kappa shape index (κ3) is 14.9. The van der Waals surface area contributed by atoms with Gasteiger partial charge in [-0.1, -0.05) is 12.8 Å². The highest BCUT2D eigenvalue weighted by molar-refractivity contribution is 7.66. The van der Waals surface area contributed by atoms with Crippen molar-refractivity contribution < 1.29 is 116 Å². The van der Waals surface area contributed by atoms with Crippen molar-refractivity contribution in [3.63, 3.8) is 0 Å². The lowest BCUT2D eigenvalue weighted by Gasteiger charge is -2.45. The Morgan fingerprint density at radius 3 is 2.11 bits per heavy atom. The van der Waals surface area contributed by atoms with Crippen molar-refractivity contribution in [3.8, 4) is 0 Å². The molecule has 32 heteroatoms. The lowest BCUT2D eigenvalue weighted by atomic mass is 9.97. The Labute approximate surface area is 349 Å². The minimum Gasteiger partial charge on any atom is -0.394 e. The topological polar surface area (TPSA) is 452 Å². The summed E-state index contributed by atoms with van der Waals surface area (Å²) in [6, 6.07) is 0. The number of aromatic amines is 1. The number of aliphatic hydroxyl groups excluding tert-OH is 8. The van der Waals surface area contributed by atoms with Crippen molar-refractivity contribution in [2.75, 3.05) is 33.0 Å². The summed E-state index contributed by atoms with van der Waals surface area (Å²) < 4.78 is 74.2. The van der Waals surface area contributed by atoms with E-state index in [0.29, 0.717) is 25.7 Å². The van der Waals surface area contributed by atoms with Crippen LogP contribution in [0.1, 0.15) is 43.9 Å². The summed E-state index contributed by atoms with van der Waals surface area (Å²) in [4.78, 5) is 75.5. The van der Waals surface area contributed by atoms with Gasteiger partial charge in [-0.2, -0.15) is 8.62 Å². The normalized spacial score (nSPS) is 33.9. The zero-order valence-electron chi connectivity index (χ0n) is 32.2. The van der Waals surface area contributed by atoms with Crippen molar-refractivity contribution in [1.29, 1.82) is 0 Å². The summed E-state index contributed by atoms with van der Waals surface area (Å²) >= 11 is 0. The summed E-state index contributed by atoms with van der Waals surface area (Å²) in [5.74, 6) is -0.612. The largest absolute Gasteiger partial charge is 0.490 e. The molecule has 3 aliphatic heterocycles. The molecule has 1 aromatic rings. The third-order valence-electron chi connectivity index (χ3n) is 9.35. The standard InChI is InChI=1S/C30H50N3O26P3/c34-11-16-21(38)22(39)24(41)29(55-16)57-26-17(12-35)56-28(25(42)23(26)40)52-8-4-2-1-3-7-31-19(37)6-5-14-10-33(30(44)32-27(14)43)20-9-15(36)18(54-20)13-53-61(48,49)59-62(50,51)58-60(45,46)47/h5-6,10,15-18,20-26,28-29,34-36,38-42H,1-4,7-9,11-13H2,(H,31,37)(H,48,49)(H,50,51)(H,32,43,44)(H2,45,46,47)/b6-5+/t15-,16+,17+,18+,20+,21+,22-,23+,24+,25+,26+,28+,29-/m0/s1. The molecule has 0 saturated carbocycles. The number of phosphoric acid groups is 3. The second kappa shape index (κ2) is 22.8. The molecule has 3 aliphatic rings. The number of nitrogens with one attached hydrogen (secondary N) is 2. The molecule has 3 saturated heterocycles. The number of ether oxygens (including phenoxy) is 5.